The Labute approximate surface area is 203 Å². The number of anilines is 2. The van der Waals surface area contributed by atoms with Gasteiger partial charge in [0.2, 0.25) is 11.9 Å². The van der Waals surface area contributed by atoms with Crippen LogP contribution in [-0.4, -0.2) is 96.5 Å². The maximum atomic E-state index is 14.1. The molecule has 0 spiro atoms. The molecule has 0 N–H and O–H groups in total. The molecule has 2 aromatic rings. The summed E-state index contributed by atoms with van der Waals surface area (Å²) in [6.07, 6.45) is 2.24. The maximum absolute atomic E-state index is 14.1. The van der Waals surface area contributed by atoms with Crippen LogP contribution < -0.4 is 9.80 Å². The number of para-hydroxylation sites is 1. The highest BCUT2D eigenvalue weighted by Gasteiger charge is 2.27. The van der Waals surface area contributed by atoms with Gasteiger partial charge in [0, 0.05) is 45.9 Å². The number of ether oxygens (including phenoxy) is 2. The number of carbonyl (C=O) groups excluding carboxylic acids is 1. The van der Waals surface area contributed by atoms with E-state index in [4.69, 9.17) is 9.47 Å². The number of nitrogens with zero attached hydrogens (tertiary/aromatic N) is 6. The Morgan fingerprint density at radius 2 is 1.82 bits per heavy atom. The largest absolute Gasteiger partial charge is 0.378 e. The van der Waals surface area contributed by atoms with Gasteiger partial charge >= 0.3 is 0 Å². The van der Waals surface area contributed by atoms with E-state index in [0.29, 0.717) is 57.4 Å². The van der Waals surface area contributed by atoms with Crippen LogP contribution >= 0.6 is 11.8 Å². The van der Waals surface area contributed by atoms with Gasteiger partial charge in [-0.05, 0) is 25.0 Å². The minimum atomic E-state index is -0.223. The summed E-state index contributed by atoms with van der Waals surface area (Å²) in [7, 11) is 0. The van der Waals surface area contributed by atoms with Crippen LogP contribution in [0.4, 0.5) is 16.0 Å². The van der Waals surface area contributed by atoms with Crippen LogP contribution in [0.5, 0.6) is 0 Å². The average Bonchev–Trinajstić information content (AvgIpc) is 3.54. The summed E-state index contributed by atoms with van der Waals surface area (Å²) in [6.45, 7) is 6.78. The van der Waals surface area contributed by atoms with Crippen LogP contribution in [0, 0.1) is 5.82 Å². The molecule has 5 rings (SSSR count). The normalized spacial score (nSPS) is 21.3. The van der Waals surface area contributed by atoms with Gasteiger partial charge in [-0.3, -0.25) is 9.36 Å². The number of morpholine rings is 1. The van der Waals surface area contributed by atoms with Gasteiger partial charge in [0.1, 0.15) is 5.82 Å². The van der Waals surface area contributed by atoms with Crippen LogP contribution in [-0.2, 0) is 20.8 Å². The molecule has 1 atom stereocenters. The highest BCUT2D eigenvalue weighted by atomic mass is 32.2. The summed E-state index contributed by atoms with van der Waals surface area (Å²) in [5, 5.41) is 9.64. The number of amides is 1. The zero-order valence-electron chi connectivity index (χ0n) is 19.3. The monoisotopic (exact) mass is 490 g/mol. The Balaban J connectivity index is 1.20. The Morgan fingerprint density at radius 3 is 2.56 bits per heavy atom. The second-order valence-corrected chi connectivity index (χ2v) is 9.68. The van der Waals surface area contributed by atoms with Crippen molar-refractivity contribution < 1.29 is 18.7 Å². The van der Waals surface area contributed by atoms with Gasteiger partial charge in [-0.1, -0.05) is 23.9 Å². The lowest BCUT2D eigenvalue weighted by molar-refractivity contribution is -0.128. The molecule has 184 valence electrons. The van der Waals surface area contributed by atoms with Crippen molar-refractivity contribution in [1.82, 2.24) is 19.7 Å². The molecule has 0 aliphatic carbocycles. The van der Waals surface area contributed by atoms with Gasteiger partial charge in [0.15, 0.2) is 5.16 Å². The van der Waals surface area contributed by atoms with Crippen molar-refractivity contribution in [3.8, 4) is 0 Å². The van der Waals surface area contributed by atoms with E-state index in [1.165, 1.54) is 17.8 Å². The number of thioether (sulfide) groups is 1. The van der Waals surface area contributed by atoms with E-state index in [1.807, 2.05) is 15.9 Å². The lowest BCUT2D eigenvalue weighted by Gasteiger charge is -2.36. The molecule has 0 saturated carbocycles. The fourth-order valence-corrected chi connectivity index (χ4v) is 5.51. The van der Waals surface area contributed by atoms with E-state index in [-0.39, 0.29) is 17.8 Å². The first-order chi connectivity index (χ1) is 16.7. The molecular formula is C23H31FN6O3S. The molecule has 3 aliphatic rings. The number of rotatable bonds is 7. The summed E-state index contributed by atoms with van der Waals surface area (Å²) in [4.78, 5) is 19.0. The molecular weight excluding hydrogens is 459 g/mol. The van der Waals surface area contributed by atoms with Crippen LogP contribution in [0.25, 0.3) is 0 Å². The summed E-state index contributed by atoms with van der Waals surface area (Å²) in [5.41, 5.74) is 0.599. The number of halogens is 1. The van der Waals surface area contributed by atoms with Crippen molar-refractivity contribution in [2.75, 3.05) is 74.6 Å². The first kappa shape index (κ1) is 23.4. The molecule has 3 saturated heterocycles. The second kappa shape index (κ2) is 10.9. The summed E-state index contributed by atoms with van der Waals surface area (Å²) < 4.78 is 27.6. The minimum Gasteiger partial charge on any atom is -0.378 e. The number of hydrogen-bond acceptors (Lipinski definition) is 8. The van der Waals surface area contributed by atoms with Crippen molar-refractivity contribution in [1.29, 1.82) is 0 Å². The quantitative estimate of drug-likeness (QED) is 0.545. The predicted octanol–water partition coefficient (Wildman–Crippen LogP) is 1.87. The number of aromatic nitrogens is 3. The van der Waals surface area contributed by atoms with Crippen molar-refractivity contribution in [2.45, 2.75) is 30.6 Å². The van der Waals surface area contributed by atoms with Gasteiger partial charge in [-0.2, -0.15) is 0 Å². The molecule has 9 nitrogen and oxygen atoms in total. The van der Waals surface area contributed by atoms with E-state index in [1.54, 1.807) is 12.1 Å². The zero-order valence-corrected chi connectivity index (χ0v) is 20.1. The summed E-state index contributed by atoms with van der Waals surface area (Å²) in [5.74, 6) is 0.969. The molecule has 1 unspecified atom stereocenters. The summed E-state index contributed by atoms with van der Waals surface area (Å²) in [6, 6.07) is 6.79. The lowest BCUT2D eigenvalue weighted by Crippen LogP contribution is -2.49. The minimum absolute atomic E-state index is 0.0674. The van der Waals surface area contributed by atoms with E-state index >= 15 is 0 Å². The highest BCUT2D eigenvalue weighted by molar-refractivity contribution is 7.99. The molecule has 4 heterocycles. The average molecular weight is 491 g/mol. The third kappa shape index (κ3) is 5.31. The maximum Gasteiger partial charge on any atom is 0.233 e. The Bertz CT molecular complexity index is 971. The fourth-order valence-electron chi connectivity index (χ4n) is 4.66. The Hall–Kier alpha value is -2.37. The van der Waals surface area contributed by atoms with Crippen molar-refractivity contribution >= 4 is 29.3 Å². The molecule has 1 aromatic carbocycles. The third-order valence-electron chi connectivity index (χ3n) is 6.55. The predicted molar refractivity (Wildman–Crippen MR) is 128 cm³/mol. The van der Waals surface area contributed by atoms with Crippen LogP contribution in [0.3, 0.4) is 0 Å². The Morgan fingerprint density at radius 1 is 1.03 bits per heavy atom. The van der Waals surface area contributed by atoms with Gasteiger partial charge in [0.05, 0.1) is 37.3 Å². The fraction of sp³-hybridized carbons (Fsp3) is 0.609. The Kier molecular flexibility index (Phi) is 7.51. The van der Waals surface area contributed by atoms with E-state index < -0.39 is 0 Å². The van der Waals surface area contributed by atoms with E-state index in [2.05, 4.69) is 19.7 Å². The molecule has 3 fully saturated rings. The molecule has 34 heavy (non-hydrogen) atoms. The molecule has 0 bridgehead atoms. The molecule has 3 aliphatic heterocycles. The molecule has 1 amide bonds. The van der Waals surface area contributed by atoms with Crippen LogP contribution in [0.1, 0.15) is 12.8 Å². The van der Waals surface area contributed by atoms with Crippen molar-refractivity contribution in [3.63, 3.8) is 0 Å². The topological polar surface area (TPSA) is 76.0 Å². The first-order valence-corrected chi connectivity index (χ1v) is 12.9. The molecule has 11 heteroatoms. The van der Waals surface area contributed by atoms with Crippen LogP contribution in [0.2, 0.25) is 0 Å². The van der Waals surface area contributed by atoms with Crippen LogP contribution in [0.15, 0.2) is 29.4 Å². The van der Waals surface area contributed by atoms with E-state index in [0.717, 1.165) is 43.6 Å². The first-order valence-electron chi connectivity index (χ1n) is 12.0. The third-order valence-corrected chi connectivity index (χ3v) is 7.50. The van der Waals surface area contributed by atoms with Gasteiger partial charge < -0.3 is 24.2 Å². The van der Waals surface area contributed by atoms with Crippen molar-refractivity contribution in [3.05, 3.63) is 30.1 Å². The van der Waals surface area contributed by atoms with Gasteiger partial charge in [-0.25, -0.2) is 4.39 Å². The van der Waals surface area contributed by atoms with E-state index in [9.17, 15) is 9.18 Å². The van der Waals surface area contributed by atoms with Gasteiger partial charge in [-0.15, -0.1) is 10.2 Å². The lowest BCUT2D eigenvalue weighted by atomic mass is 10.2. The molecule has 1 aromatic heterocycles. The zero-order chi connectivity index (χ0) is 23.3. The SMILES string of the molecule is O=C(CSc1nnc(N2CCOCC2)n1CC1CCCO1)N1CCN(c2ccccc2F)CC1. The number of benzene rings is 1. The summed E-state index contributed by atoms with van der Waals surface area (Å²) >= 11 is 1.43. The second-order valence-electron chi connectivity index (χ2n) is 8.74. The highest BCUT2D eigenvalue weighted by Crippen LogP contribution is 2.26. The smallest absolute Gasteiger partial charge is 0.233 e. The van der Waals surface area contributed by atoms with Crippen molar-refractivity contribution in [2.24, 2.45) is 0 Å². The standard InChI is InChI=1S/C23H31FN6O3S/c24-19-5-1-2-6-20(19)27-7-9-28(10-8-27)21(31)17-34-23-26-25-22(29-11-14-32-15-12-29)30(23)16-18-4-3-13-33-18/h1-2,5-6,18H,3-4,7-17H2. The number of hydrogen-bond donors (Lipinski definition) is 0. The number of carbonyl (C=O) groups is 1. The molecule has 0 radical (unpaired) electrons. The number of piperazine rings is 1. The van der Waals surface area contributed by atoms with Gasteiger partial charge in [0.25, 0.3) is 0 Å².